The molecule has 0 saturated carbocycles. The third kappa shape index (κ3) is 2.70. The average Bonchev–Trinajstić information content (AvgIpc) is 2.38. The molecule has 1 heterocycles. The fourth-order valence-electron chi connectivity index (χ4n) is 1.77. The summed E-state index contributed by atoms with van der Waals surface area (Å²) in [5, 5.41) is 0. The van der Waals surface area contributed by atoms with Crippen molar-refractivity contribution in [3.05, 3.63) is 35.9 Å². The molecule has 1 aliphatic heterocycles. The number of carbonyl (C=O) groups excluding carboxylic acids is 1. The summed E-state index contributed by atoms with van der Waals surface area (Å²) in [7, 11) is 0. The second kappa shape index (κ2) is 5.47. The second-order valence-electron chi connectivity index (χ2n) is 3.69. The molecule has 3 heteroatoms. The molecule has 0 amide bonds. The van der Waals surface area contributed by atoms with Gasteiger partial charge in [0.15, 0.2) is 0 Å². The van der Waals surface area contributed by atoms with Crippen LogP contribution in [0.25, 0.3) is 6.08 Å². The highest BCUT2D eigenvalue weighted by Crippen LogP contribution is 2.17. The van der Waals surface area contributed by atoms with E-state index in [1.165, 1.54) is 11.8 Å². The molecule has 0 aromatic heterocycles. The van der Waals surface area contributed by atoms with Gasteiger partial charge in [0.05, 0.1) is 13.2 Å². The van der Waals surface area contributed by atoms with E-state index in [4.69, 9.17) is 4.74 Å². The van der Waals surface area contributed by atoms with Crippen LogP contribution < -0.4 is 4.90 Å². The normalized spacial score (nSPS) is 16.6. The number of rotatable bonds is 3. The molecule has 0 radical (unpaired) electrons. The molecule has 1 fully saturated rings. The molecule has 2 rings (SSSR count). The third-order valence-electron chi connectivity index (χ3n) is 2.64. The zero-order valence-corrected chi connectivity index (χ0v) is 9.13. The van der Waals surface area contributed by atoms with Gasteiger partial charge >= 0.3 is 0 Å². The number of carbonyl (C=O) groups is 1. The Hall–Kier alpha value is -1.61. The van der Waals surface area contributed by atoms with Crippen LogP contribution in [0.15, 0.2) is 30.3 Å². The van der Waals surface area contributed by atoms with E-state index >= 15 is 0 Å². The lowest BCUT2D eigenvalue weighted by atomic mass is 10.2. The summed E-state index contributed by atoms with van der Waals surface area (Å²) >= 11 is 0. The Bertz CT molecular complexity index is 364. The maximum absolute atomic E-state index is 10.2. The predicted molar refractivity (Wildman–Crippen MR) is 64.6 cm³/mol. The molecule has 0 N–H and O–H groups in total. The van der Waals surface area contributed by atoms with Gasteiger partial charge in [-0.05, 0) is 23.8 Å². The maximum Gasteiger partial charge on any atom is 0.142 e. The highest BCUT2D eigenvalue weighted by Gasteiger charge is 2.10. The fraction of sp³-hybridized carbons (Fsp3) is 0.308. The summed E-state index contributed by atoms with van der Waals surface area (Å²) in [4.78, 5) is 12.5. The van der Waals surface area contributed by atoms with E-state index in [9.17, 15) is 4.79 Å². The molecular weight excluding hydrogens is 202 g/mol. The van der Waals surface area contributed by atoms with Crippen molar-refractivity contribution >= 4 is 18.0 Å². The minimum atomic E-state index is 0.788. The molecule has 1 saturated heterocycles. The second-order valence-corrected chi connectivity index (χ2v) is 3.69. The highest BCUT2D eigenvalue weighted by molar-refractivity contribution is 5.74. The monoisotopic (exact) mass is 217 g/mol. The van der Waals surface area contributed by atoms with Gasteiger partial charge in [-0.25, -0.2) is 0 Å². The van der Waals surface area contributed by atoms with Gasteiger partial charge in [-0.1, -0.05) is 18.2 Å². The SMILES string of the molecule is O=C/C=C/c1ccc(N2CCOCC2)cc1. The molecule has 1 aliphatic rings. The zero-order chi connectivity index (χ0) is 11.2. The van der Waals surface area contributed by atoms with Gasteiger partial charge in [0.25, 0.3) is 0 Å². The molecule has 84 valence electrons. The van der Waals surface area contributed by atoms with Gasteiger partial charge in [-0.15, -0.1) is 0 Å². The number of hydrogen-bond donors (Lipinski definition) is 0. The molecular formula is C13H15NO2. The minimum absolute atomic E-state index is 0.788. The topological polar surface area (TPSA) is 29.5 Å². The Morgan fingerprint density at radius 1 is 1.12 bits per heavy atom. The number of benzene rings is 1. The van der Waals surface area contributed by atoms with Crippen molar-refractivity contribution in [1.29, 1.82) is 0 Å². The van der Waals surface area contributed by atoms with Crippen LogP contribution in [0.4, 0.5) is 5.69 Å². The van der Waals surface area contributed by atoms with Crippen LogP contribution >= 0.6 is 0 Å². The van der Waals surface area contributed by atoms with Gasteiger partial charge in [-0.3, -0.25) is 4.79 Å². The molecule has 0 atom stereocenters. The van der Waals surface area contributed by atoms with E-state index in [1.54, 1.807) is 6.08 Å². The van der Waals surface area contributed by atoms with Crippen LogP contribution in [0.3, 0.4) is 0 Å². The number of nitrogens with zero attached hydrogens (tertiary/aromatic N) is 1. The van der Waals surface area contributed by atoms with Crippen molar-refractivity contribution in [2.75, 3.05) is 31.2 Å². The maximum atomic E-state index is 10.2. The first kappa shape index (κ1) is 10.9. The minimum Gasteiger partial charge on any atom is -0.378 e. The van der Waals surface area contributed by atoms with E-state index in [1.807, 2.05) is 12.1 Å². The summed E-state index contributed by atoms with van der Waals surface area (Å²) in [5.74, 6) is 0. The first-order chi connectivity index (χ1) is 7.90. The summed E-state index contributed by atoms with van der Waals surface area (Å²) in [5.41, 5.74) is 2.26. The van der Waals surface area contributed by atoms with Gasteiger partial charge in [0.2, 0.25) is 0 Å². The summed E-state index contributed by atoms with van der Waals surface area (Å²) in [6, 6.07) is 8.20. The molecule has 0 aliphatic carbocycles. The van der Waals surface area contributed by atoms with Crippen molar-refractivity contribution in [2.24, 2.45) is 0 Å². The number of ether oxygens (including phenoxy) is 1. The Labute approximate surface area is 95.3 Å². The van der Waals surface area contributed by atoms with Crippen molar-refractivity contribution < 1.29 is 9.53 Å². The summed E-state index contributed by atoms with van der Waals surface area (Å²) < 4.78 is 5.31. The van der Waals surface area contributed by atoms with E-state index in [2.05, 4.69) is 17.0 Å². The molecule has 16 heavy (non-hydrogen) atoms. The quantitative estimate of drug-likeness (QED) is 0.570. The first-order valence-corrected chi connectivity index (χ1v) is 5.45. The van der Waals surface area contributed by atoms with Gasteiger partial charge in [0.1, 0.15) is 6.29 Å². The number of hydrogen-bond acceptors (Lipinski definition) is 3. The molecule has 0 spiro atoms. The summed E-state index contributed by atoms with van der Waals surface area (Å²) in [6.07, 6.45) is 4.09. The van der Waals surface area contributed by atoms with Crippen LogP contribution in [0.2, 0.25) is 0 Å². The van der Waals surface area contributed by atoms with Crippen LogP contribution in [0.1, 0.15) is 5.56 Å². The van der Waals surface area contributed by atoms with Crippen molar-refractivity contribution in [3.63, 3.8) is 0 Å². The number of allylic oxidation sites excluding steroid dienone is 1. The number of anilines is 1. The van der Waals surface area contributed by atoms with E-state index in [-0.39, 0.29) is 0 Å². The predicted octanol–water partition coefficient (Wildman–Crippen LogP) is 1.74. The van der Waals surface area contributed by atoms with Crippen LogP contribution in [0, 0.1) is 0 Å². The Morgan fingerprint density at radius 3 is 2.44 bits per heavy atom. The van der Waals surface area contributed by atoms with Crippen LogP contribution in [0.5, 0.6) is 0 Å². The fourth-order valence-corrected chi connectivity index (χ4v) is 1.77. The molecule has 0 bridgehead atoms. The Morgan fingerprint density at radius 2 is 1.81 bits per heavy atom. The molecule has 1 aromatic rings. The summed E-state index contributed by atoms with van der Waals surface area (Å²) in [6.45, 7) is 3.49. The van der Waals surface area contributed by atoms with E-state index in [0.717, 1.165) is 38.2 Å². The van der Waals surface area contributed by atoms with Gasteiger partial charge < -0.3 is 9.64 Å². The molecule has 1 aromatic carbocycles. The third-order valence-corrected chi connectivity index (χ3v) is 2.64. The van der Waals surface area contributed by atoms with Crippen molar-refractivity contribution in [2.45, 2.75) is 0 Å². The molecule has 3 nitrogen and oxygen atoms in total. The van der Waals surface area contributed by atoms with Gasteiger partial charge in [0, 0.05) is 18.8 Å². The van der Waals surface area contributed by atoms with E-state index < -0.39 is 0 Å². The lowest BCUT2D eigenvalue weighted by Gasteiger charge is -2.28. The largest absolute Gasteiger partial charge is 0.378 e. The molecule has 0 unspecified atom stereocenters. The Balaban J connectivity index is 2.05. The van der Waals surface area contributed by atoms with Crippen molar-refractivity contribution in [1.82, 2.24) is 0 Å². The zero-order valence-electron chi connectivity index (χ0n) is 9.13. The number of aldehydes is 1. The lowest BCUT2D eigenvalue weighted by Crippen LogP contribution is -2.36. The smallest absolute Gasteiger partial charge is 0.142 e. The first-order valence-electron chi connectivity index (χ1n) is 5.45. The van der Waals surface area contributed by atoms with E-state index in [0.29, 0.717) is 0 Å². The van der Waals surface area contributed by atoms with Gasteiger partial charge in [-0.2, -0.15) is 0 Å². The lowest BCUT2D eigenvalue weighted by molar-refractivity contribution is -0.104. The highest BCUT2D eigenvalue weighted by atomic mass is 16.5. The van der Waals surface area contributed by atoms with Crippen molar-refractivity contribution in [3.8, 4) is 0 Å². The number of morpholine rings is 1. The standard InChI is InChI=1S/C13H15NO2/c15-9-1-2-12-3-5-13(6-4-12)14-7-10-16-11-8-14/h1-6,9H,7-8,10-11H2/b2-1+. The van der Waals surface area contributed by atoms with Crippen LogP contribution in [-0.2, 0) is 9.53 Å². The Kier molecular flexibility index (Phi) is 3.72. The average molecular weight is 217 g/mol. The van der Waals surface area contributed by atoms with Crippen LogP contribution in [-0.4, -0.2) is 32.6 Å².